The molecule has 2 unspecified atom stereocenters. The molecular weight excluding hydrogens is 234 g/mol. The van der Waals surface area contributed by atoms with Crippen molar-refractivity contribution in [2.45, 2.75) is 43.9 Å². The molecule has 3 aliphatic rings. The largest absolute Gasteiger partial charge is 0.508 e. The van der Waals surface area contributed by atoms with Crippen molar-refractivity contribution in [2.24, 2.45) is 5.41 Å². The molecule has 102 valence electrons. The first-order chi connectivity index (χ1) is 9.15. The molecule has 2 fully saturated rings. The van der Waals surface area contributed by atoms with Crippen LogP contribution >= 0.6 is 0 Å². The van der Waals surface area contributed by atoms with Crippen molar-refractivity contribution in [2.75, 3.05) is 20.1 Å². The Balaban J connectivity index is 1.94. The topological polar surface area (TPSA) is 23.5 Å². The maximum absolute atomic E-state index is 9.95. The summed E-state index contributed by atoms with van der Waals surface area (Å²) in [6.07, 6.45) is 7.98. The van der Waals surface area contributed by atoms with Crippen LogP contribution in [0.4, 0.5) is 0 Å². The highest BCUT2D eigenvalue weighted by molar-refractivity contribution is 5.46. The van der Waals surface area contributed by atoms with Crippen molar-refractivity contribution < 1.29 is 5.11 Å². The number of phenols is 1. The van der Waals surface area contributed by atoms with Crippen LogP contribution in [-0.2, 0) is 11.8 Å². The zero-order chi connectivity index (χ0) is 13.1. The fraction of sp³-hybridized carbons (Fsp3) is 0.647. The van der Waals surface area contributed by atoms with Crippen LogP contribution in [0.1, 0.15) is 43.2 Å². The van der Waals surface area contributed by atoms with E-state index in [2.05, 4.69) is 24.1 Å². The average Bonchev–Trinajstić information content (AvgIpc) is 2.71. The molecule has 1 N–H and O–H groups in total. The molecule has 4 rings (SSSR count). The Morgan fingerprint density at radius 1 is 1.11 bits per heavy atom. The summed E-state index contributed by atoms with van der Waals surface area (Å²) in [6.45, 7) is 2.44. The van der Waals surface area contributed by atoms with Crippen LogP contribution in [0.2, 0.25) is 0 Å². The van der Waals surface area contributed by atoms with E-state index in [-0.39, 0.29) is 0 Å². The van der Waals surface area contributed by atoms with E-state index in [1.54, 1.807) is 0 Å². The maximum atomic E-state index is 9.95. The van der Waals surface area contributed by atoms with Crippen LogP contribution in [0.3, 0.4) is 0 Å². The molecule has 1 heterocycles. The molecule has 1 aromatic rings. The second kappa shape index (κ2) is 3.76. The lowest BCUT2D eigenvalue weighted by atomic mass is 9.50. The van der Waals surface area contributed by atoms with E-state index in [0.717, 1.165) is 0 Å². The fourth-order valence-electron chi connectivity index (χ4n) is 5.46. The van der Waals surface area contributed by atoms with Gasteiger partial charge in [-0.2, -0.15) is 0 Å². The third-order valence-corrected chi connectivity index (χ3v) is 6.12. The average molecular weight is 257 g/mol. The minimum Gasteiger partial charge on any atom is -0.508 e. The molecule has 1 saturated carbocycles. The molecule has 1 aliphatic heterocycles. The number of benzene rings is 1. The first-order valence-electron chi connectivity index (χ1n) is 7.66. The van der Waals surface area contributed by atoms with Crippen LogP contribution in [0.25, 0.3) is 0 Å². The molecule has 0 spiro atoms. The van der Waals surface area contributed by atoms with Crippen LogP contribution in [0.15, 0.2) is 18.2 Å². The number of hydrogen-bond donors (Lipinski definition) is 1. The summed E-state index contributed by atoms with van der Waals surface area (Å²) in [5.74, 6) is 0.448. The SMILES string of the molecule is CN1CC23CCCCC2(C1)c1cc(O)ccc1CC3. The first kappa shape index (κ1) is 11.8. The number of aromatic hydroxyl groups is 1. The standard InChI is InChI=1S/C17H23NO/c1-18-11-16-7-2-3-8-17(16,12-18)15-10-14(19)5-4-13(15)6-9-16/h4-5,10,19H,2-3,6-9,11-12H2,1H3. The number of nitrogens with zero attached hydrogens (tertiary/aromatic N) is 1. The summed E-state index contributed by atoms with van der Waals surface area (Å²) >= 11 is 0. The molecule has 0 amide bonds. The van der Waals surface area contributed by atoms with E-state index in [9.17, 15) is 5.11 Å². The second-order valence-electron chi connectivity index (χ2n) is 7.08. The lowest BCUT2D eigenvalue weighted by Gasteiger charge is -2.53. The molecule has 2 aliphatic carbocycles. The molecule has 0 bridgehead atoms. The van der Waals surface area contributed by atoms with E-state index in [0.29, 0.717) is 16.6 Å². The molecule has 1 saturated heterocycles. The number of aryl methyl sites for hydroxylation is 1. The predicted octanol–water partition coefficient (Wildman–Crippen LogP) is 3.08. The van der Waals surface area contributed by atoms with Gasteiger partial charge in [-0.15, -0.1) is 0 Å². The lowest BCUT2D eigenvalue weighted by molar-refractivity contribution is 0.0847. The van der Waals surface area contributed by atoms with Crippen molar-refractivity contribution in [3.8, 4) is 5.75 Å². The van der Waals surface area contributed by atoms with Gasteiger partial charge in [-0.1, -0.05) is 18.9 Å². The van der Waals surface area contributed by atoms with E-state index >= 15 is 0 Å². The van der Waals surface area contributed by atoms with Gasteiger partial charge in [-0.05, 0) is 61.4 Å². The summed E-state index contributed by atoms with van der Waals surface area (Å²) in [6, 6.07) is 6.11. The van der Waals surface area contributed by atoms with Gasteiger partial charge in [0.2, 0.25) is 0 Å². The van der Waals surface area contributed by atoms with E-state index < -0.39 is 0 Å². The minimum atomic E-state index is 0.326. The molecule has 2 heteroatoms. The molecule has 0 radical (unpaired) electrons. The Kier molecular flexibility index (Phi) is 2.33. The number of rotatable bonds is 0. The van der Waals surface area contributed by atoms with Crippen molar-refractivity contribution in [3.63, 3.8) is 0 Å². The molecule has 0 aromatic heterocycles. The van der Waals surface area contributed by atoms with Crippen LogP contribution in [0, 0.1) is 5.41 Å². The summed E-state index contributed by atoms with van der Waals surface area (Å²) in [5, 5.41) is 9.95. The van der Waals surface area contributed by atoms with Crippen molar-refractivity contribution in [1.82, 2.24) is 4.90 Å². The van der Waals surface area contributed by atoms with Crippen LogP contribution in [0.5, 0.6) is 5.75 Å². The van der Waals surface area contributed by atoms with Gasteiger partial charge < -0.3 is 10.0 Å². The lowest BCUT2D eigenvalue weighted by Crippen LogP contribution is -2.50. The summed E-state index contributed by atoms with van der Waals surface area (Å²) in [5.41, 5.74) is 3.78. The third-order valence-electron chi connectivity index (χ3n) is 6.12. The molecule has 2 nitrogen and oxygen atoms in total. The Hall–Kier alpha value is -1.02. The van der Waals surface area contributed by atoms with Crippen molar-refractivity contribution >= 4 is 0 Å². The van der Waals surface area contributed by atoms with Crippen molar-refractivity contribution in [1.29, 1.82) is 0 Å². The highest BCUT2D eigenvalue weighted by Gasteiger charge is 2.60. The van der Waals surface area contributed by atoms with Crippen LogP contribution < -0.4 is 0 Å². The smallest absolute Gasteiger partial charge is 0.115 e. The van der Waals surface area contributed by atoms with Gasteiger partial charge in [-0.25, -0.2) is 0 Å². The number of hydrogen-bond acceptors (Lipinski definition) is 2. The third kappa shape index (κ3) is 1.41. The van der Waals surface area contributed by atoms with E-state index in [1.165, 1.54) is 62.7 Å². The number of likely N-dealkylation sites (N-methyl/N-ethyl adjacent to an activating group) is 1. The maximum Gasteiger partial charge on any atom is 0.115 e. The highest BCUT2D eigenvalue weighted by Crippen LogP contribution is 2.61. The highest BCUT2D eigenvalue weighted by atomic mass is 16.3. The van der Waals surface area contributed by atoms with Gasteiger partial charge >= 0.3 is 0 Å². The van der Waals surface area contributed by atoms with Gasteiger partial charge in [-0.3, -0.25) is 0 Å². The summed E-state index contributed by atoms with van der Waals surface area (Å²) in [7, 11) is 2.27. The Morgan fingerprint density at radius 3 is 2.84 bits per heavy atom. The van der Waals surface area contributed by atoms with E-state index in [1.807, 2.05) is 6.07 Å². The van der Waals surface area contributed by atoms with Crippen LogP contribution in [-0.4, -0.2) is 30.1 Å². The zero-order valence-corrected chi connectivity index (χ0v) is 11.8. The first-order valence-corrected chi connectivity index (χ1v) is 7.66. The fourth-order valence-corrected chi connectivity index (χ4v) is 5.46. The zero-order valence-electron chi connectivity index (χ0n) is 11.8. The Labute approximate surface area is 115 Å². The Bertz CT molecular complexity index is 526. The Morgan fingerprint density at radius 2 is 1.95 bits per heavy atom. The number of phenolic OH excluding ortho intramolecular Hbond substituents is 1. The van der Waals surface area contributed by atoms with Gasteiger partial charge in [0.1, 0.15) is 5.75 Å². The van der Waals surface area contributed by atoms with Gasteiger partial charge in [0, 0.05) is 18.5 Å². The predicted molar refractivity (Wildman–Crippen MR) is 76.5 cm³/mol. The van der Waals surface area contributed by atoms with E-state index in [4.69, 9.17) is 0 Å². The van der Waals surface area contributed by atoms with Gasteiger partial charge in [0.05, 0.1) is 0 Å². The molecule has 2 atom stereocenters. The normalized spacial score (nSPS) is 37.5. The van der Waals surface area contributed by atoms with Crippen molar-refractivity contribution in [3.05, 3.63) is 29.3 Å². The molecule has 19 heavy (non-hydrogen) atoms. The second-order valence-corrected chi connectivity index (χ2v) is 7.08. The summed E-state index contributed by atoms with van der Waals surface area (Å²) < 4.78 is 0. The molecule has 1 aromatic carbocycles. The molecular formula is C17H23NO. The minimum absolute atomic E-state index is 0.326. The monoisotopic (exact) mass is 257 g/mol. The summed E-state index contributed by atoms with van der Waals surface area (Å²) in [4.78, 5) is 2.53. The quantitative estimate of drug-likeness (QED) is 0.772. The van der Waals surface area contributed by atoms with Gasteiger partial charge in [0.15, 0.2) is 0 Å². The number of fused-ring (bicyclic) bond motifs is 1. The number of likely N-dealkylation sites (tertiary alicyclic amines) is 1. The van der Waals surface area contributed by atoms with Gasteiger partial charge in [0.25, 0.3) is 0 Å².